The Labute approximate surface area is 225 Å². The SMILES string of the molecule is Cc1cc(F)ccc1Cc1cc2c(cn1)C(C)(C)CN2C(=O)CN1C[C@@H](C)NC[C@@H]1CN1C[C@H](C)CC1=O. The van der Waals surface area contributed by atoms with E-state index in [0.717, 1.165) is 47.7 Å². The van der Waals surface area contributed by atoms with Gasteiger partial charge in [0.2, 0.25) is 11.8 Å². The molecule has 0 spiro atoms. The first-order valence-electron chi connectivity index (χ1n) is 13.8. The Kier molecular flexibility index (Phi) is 7.31. The number of likely N-dealkylation sites (tertiary alicyclic amines) is 1. The first kappa shape index (κ1) is 26.8. The molecule has 2 saturated heterocycles. The van der Waals surface area contributed by atoms with Crippen LogP contribution >= 0.6 is 0 Å². The maximum Gasteiger partial charge on any atom is 0.241 e. The summed E-state index contributed by atoms with van der Waals surface area (Å²) < 4.78 is 13.6. The number of amides is 2. The lowest BCUT2D eigenvalue weighted by atomic mass is 9.88. The van der Waals surface area contributed by atoms with Crippen molar-refractivity contribution >= 4 is 17.5 Å². The molecule has 5 rings (SSSR count). The molecule has 1 aromatic heterocycles. The predicted molar refractivity (Wildman–Crippen MR) is 147 cm³/mol. The van der Waals surface area contributed by atoms with E-state index in [1.54, 1.807) is 6.07 Å². The Morgan fingerprint density at radius 3 is 2.71 bits per heavy atom. The van der Waals surface area contributed by atoms with Crippen molar-refractivity contribution in [2.75, 3.05) is 44.2 Å². The van der Waals surface area contributed by atoms with Crippen molar-refractivity contribution in [2.24, 2.45) is 5.92 Å². The van der Waals surface area contributed by atoms with Gasteiger partial charge in [-0.15, -0.1) is 0 Å². The molecule has 0 radical (unpaired) electrons. The third kappa shape index (κ3) is 5.47. The minimum Gasteiger partial charge on any atom is -0.341 e. The van der Waals surface area contributed by atoms with E-state index in [9.17, 15) is 14.0 Å². The molecule has 38 heavy (non-hydrogen) atoms. The minimum absolute atomic E-state index is 0.0761. The van der Waals surface area contributed by atoms with Crippen molar-refractivity contribution in [3.63, 3.8) is 0 Å². The van der Waals surface area contributed by atoms with Gasteiger partial charge < -0.3 is 15.1 Å². The number of aromatic nitrogens is 1. The van der Waals surface area contributed by atoms with Crippen molar-refractivity contribution in [1.82, 2.24) is 20.1 Å². The molecule has 3 atom stereocenters. The Bertz CT molecular complexity index is 1230. The third-order valence-corrected chi connectivity index (χ3v) is 8.39. The number of nitrogens with one attached hydrogen (secondary N) is 1. The van der Waals surface area contributed by atoms with Gasteiger partial charge >= 0.3 is 0 Å². The number of anilines is 1. The molecule has 8 heteroatoms. The Hall–Kier alpha value is -2.84. The van der Waals surface area contributed by atoms with Crippen LogP contribution in [0.25, 0.3) is 0 Å². The summed E-state index contributed by atoms with van der Waals surface area (Å²) in [7, 11) is 0. The standard InChI is InChI=1S/C30H40FN5O2/c1-19-8-28(37)35(14-19)16-25-12-32-21(3)15-34(25)17-29(38)36-18-30(4,5)26-13-33-24(11-27(26)36)10-22-6-7-23(31)9-20(22)2/h6-7,9,11,13,19,21,25,32H,8,10,12,14-18H2,1-5H3/t19-,21-,25-/m1/s1. The van der Waals surface area contributed by atoms with Crippen molar-refractivity contribution < 1.29 is 14.0 Å². The molecular formula is C30H40FN5O2. The van der Waals surface area contributed by atoms with Crippen LogP contribution in [-0.2, 0) is 21.4 Å². The number of nitrogens with zero attached hydrogens (tertiary/aromatic N) is 4. The van der Waals surface area contributed by atoms with Crippen molar-refractivity contribution in [2.45, 2.75) is 65.0 Å². The van der Waals surface area contributed by atoms with Crippen LogP contribution in [0.1, 0.15) is 56.5 Å². The number of carbonyl (C=O) groups is 2. The fourth-order valence-electron chi connectivity index (χ4n) is 6.23. The minimum atomic E-state index is -0.240. The average molecular weight is 522 g/mol. The lowest BCUT2D eigenvalue weighted by molar-refractivity contribution is -0.128. The molecule has 1 N–H and O–H groups in total. The maximum absolute atomic E-state index is 13.9. The number of carbonyl (C=O) groups excluding carboxylic acids is 2. The van der Waals surface area contributed by atoms with Gasteiger partial charge in [0.05, 0.1) is 12.2 Å². The van der Waals surface area contributed by atoms with Crippen LogP contribution in [0.15, 0.2) is 30.5 Å². The van der Waals surface area contributed by atoms with Crippen LogP contribution in [0.3, 0.4) is 0 Å². The van der Waals surface area contributed by atoms with Gasteiger partial charge in [-0.3, -0.25) is 19.5 Å². The molecule has 0 aliphatic carbocycles. The number of pyridine rings is 1. The van der Waals surface area contributed by atoms with Crippen LogP contribution in [0.2, 0.25) is 0 Å². The fraction of sp³-hybridized carbons (Fsp3) is 0.567. The van der Waals surface area contributed by atoms with Gasteiger partial charge in [-0.25, -0.2) is 4.39 Å². The number of rotatable bonds is 6. The van der Waals surface area contributed by atoms with E-state index in [1.165, 1.54) is 6.07 Å². The van der Waals surface area contributed by atoms with Crippen molar-refractivity contribution in [3.8, 4) is 0 Å². The Morgan fingerprint density at radius 2 is 2.00 bits per heavy atom. The summed E-state index contributed by atoms with van der Waals surface area (Å²) in [6.45, 7) is 14.4. The second kappa shape index (κ2) is 10.4. The molecule has 0 saturated carbocycles. The number of aryl methyl sites for hydroxylation is 1. The molecule has 1 aromatic carbocycles. The number of halogens is 1. The van der Waals surface area contributed by atoms with Gasteiger partial charge in [0.15, 0.2) is 0 Å². The molecule has 3 aliphatic rings. The summed E-state index contributed by atoms with van der Waals surface area (Å²) >= 11 is 0. The van der Waals surface area contributed by atoms with E-state index in [4.69, 9.17) is 4.98 Å². The van der Waals surface area contributed by atoms with Crippen molar-refractivity contribution in [1.29, 1.82) is 0 Å². The summed E-state index contributed by atoms with van der Waals surface area (Å²) in [6.07, 6.45) is 3.11. The predicted octanol–water partition coefficient (Wildman–Crippen LogP) is 3.27. The highest BCUT2D eigenvalue weighted by atomic mass is 19.1. The zero-order chi connectivity index (χ0) is 27.2. The van der Waals surface area contributed by atoms with E-state index in [0.29, 0.717) is 38.4 Å². The molecule has 0 bridgehead atoms. The van der Waals surface area contributed by atoms with Crippen LogP contribution in [0.5, 0.6) is 0 Å². The van der Waals surface area contributed by atoms with Crippen LogP contribution in [-0.4, -0.2) is 78.0 Å². The molecule has 0 unspecified atom stereocenters. The Balaban J connectivity index is 1.34. The first-order chi connectivity index (χ1) is 18.0. The van der Waals surface area contributed by atoms with Crippen LogP contribution in [0.4, 0.5) is 10.1 Å². The first-order valence-corrected chi connectivity index (χ1v) is 13.8. The zero-order valence-electron chi connectivity index (χ0n) is 23.3. The van der Waals surface area contributed by atoms with E-state index >= 15 is 0 Å². The second-order valence-corrected chi connectivity index (χ2v) is 12.3. The van der Waals surface area contributed by atoms with Gasteiger partial charge in [0, 0.05) is 80.5 Å². The highest BCUT2D eigenvalue weighted by molar-refractivity contribution is 5.97. The summed E-state index contributed by atoms with van der Waals surface area (Å²) in [5, 5.41) is 3.54. The molecule has 3 aliphatic heterocycles. The summed E-state index contributed by atoms with van der Waals surface area (Å²) in [6, 6.07) is 7.26. The molecule has 2 aromatic rings. The monoisotopic (exact) mass is 521 g/mol. The fourth-order valence-corrected chi connectivity index (χ4v) is 6.23. The highest BCUT2D eigenvalue weighted by Gasteiger charge is 2.40. The van der Waals surface area contributed by atoms with Gasteiger partial charge in [-0.1, -0.05) is 26.8 Å². The number of piperazine rings is 1. The largest absolute Gasteiger partial charge is 0.341 e. The van der Waals surface area contributed by atoms with E-state index in [-0.39, 0.29) is 35.1 Å². The second-order valence-electron chi connectivity index (χ2n) is 12.3. The number of fused-ring (bicyclic) bond motifs is 1. The maximum atomic E-state index is 13.9. The van der Waals surface area contributed by atoms with E-state index in [1.807, 2.05) is 35.1 Å². The van der Waals surface area contributed by atoms with Gasteiger partial charge in [-0.2, -0.15) is 0 Å². The normalized spacial score (nSPS) is 25.2. The van der Waals surface area contributed by atoms with Crippen LogP contribution in [0, 0.1) is 18.7 Å². The molecule has 7 nitrogen and oxygen atoms in total. The summed E-state index contributed by atoms with van der Waals surface area (Å²) in [4.78, 5) is 37.2. The summed E-state index contributed by atoms with van der Waals surface area (Å²) in [5.41, 5.74) is 4.59. The number of hydrogen-bond donors (Lipinski definition) is 1. The van der Waals surface area contributed by atoms with Crippen LogP contribution < -0.4 is 10.2 Å². The van der Waals surface area contributed by atoms with Gasteiger partial charge in [0.25, 0.3) is 0 Å². The lowest BCUT2D eigenvalue weighted by Gasteiger charge is -2.41. The molecule has 204 valence electrons. The highest BCUT2D eigenvalue weighted by Crippen LogP contribution is 2.40. The number of hydrogen-bond acceptors (Lipinski definition) is 5. The quantitative estimate of drug-likeness (QED) is 0.632. The average Bonchev–Trinajstić information content (AvgIpc) is 3.31. The molecule has 2 fully saturated rings. The topological polar surface area (TPSA) is 68.8 Å². The third-order valence-electron chi connectivity index (χ3n) is 8.39. The zero-order valence-corrected chi connectivity index (χ0v) is 23.3. The van der Waals surface area contributed by atoms with Gasteiger partial charge in [0.1, 0.15) is 5.82 Å². The van der Waals surface area contributed by atoms with E-state index in [2.05, 4.69) is 37.9 Å². The lowest BCUT2D eigenvalue weighted by Crippen LogP contribution is -2.61. The van der Waals surface area contributed by atoms with E-state index < -0.39 is 0 Å². The molecule has 4 heterocycles. The molecule has 2 amide bonds. The van der Waals surface area contributed by atoms with Crippen molar-refractivity contribution in [3.05, 3.63) is 58.7 Å². The Morgan fingerprint density at radius 1 is 1.21 bits per heavy atom. The van der Waals surface area contributed by atoms with Gasteiger partial charge in [-0.05, 0) is 49.1 Å². The number of benzene rings is 1. The molecular weight excluding hydrogens is 481 g/mol. The smallest absolute Gasteiger partial charge is 0.241 e. The summed E-state index contributed by atoms with van der Waals surface area (Å²) in [5.74, 6) is 0.440.